The molecule has 126 valence electrons. The highest BCUT2D eigenvalue weighted by Gasteiger charge is 2.27. The summed E-state index contributed by atoms with van der Waals surface area (Å²) in [5.74, 6) is 0. The van der Waals surface area contributed by atoms with Gasteiger partial charge in [-0.05, 0) is 26.3 Å². The van der Waals surface area contributed by atoms with E-state index in [4.69, 9.17) is 0 Å². The quantitative estimate of drug-likeness (QED) is 0.511. The minimum absolute atomic E-state index is 0.358. The van der Waals surface area contributed by atoms with E-state index in [-0.39, 0.29) is 0 Å². The fourth-order valence-corrected chi connectivity index (χ4v) is 3.39. The molecule has 0 aliphatic carbocycles. The summed E-state index contributed by atoms with van der Waals surface area (Å²) < 4.78 is 0. The summed E-state index contributed by atoms with van der Waals surface area (Å²) in [5.41, 5.74) is 0.358. The lowest BCUT2D eigenvalue weighted by Crippen LogP contribution is -2.58. The molecule has 1 rings (SSSR count). The third-order valence-corrected chi connectivity index (χ3v) is 5.16. The van der Waals surface area contributed by atoms with Gasteiger partial charge in [-0.3, -0.25) is 0 Å². The summed E-state index contributed by atoms with van der Waals surface area (Å²) >= 11 is 0. The Balaban J connectivity index is 1.90. The van der Waals surface area contributed by atoms with Gasteiger partial charge in [-0.1, -0.05) is 71.6 Å². The topological polar surface area (TPSA) is 15.3 Å². The molecule has 2 heteroatoms. The lowest BCUT2D eigenvalue weighted by Gasteiger charge is -2.41. The van der Waals surface area contributed by atoms with Crippen LogP contribution in [0.25, 0.3) is 0 Å². The Kier molecular flexibility index (Phi) is 10.4. The van der Waals surface area contributed by atoms with Crippen molar-refractivity contribution in [3.05, 3.63) is 0 Å². The Bertz CT molecular complexity index is 242. The maximum absolute atomic E-state index is 3.67. The van der Waals surface area contributed by atoms with Crippen LogP contribution in [0.15, 0.2) is 0 Å². The van der Waals surface area contributed by atoms with Gasteiger partial charge in [-0.25, -0.2) is 0 Å². The van der Waals surface area contributed by atoms with Crippen molar-refractivity contribution in [2.24, 2.45) is 0 Å². The first-order valence-electron chi connectivity index (χ1n) is 9.67. The molecule has 0 spiro atoms. The van der Waals surface area contributed by atoms with E-state index in [2.05, 4.69) is 31.0 Å². The molecular weight excluding hydrogens is 256 g/mol. The number of rotatable bonds is 12. The second kappa shape index (κ2) is 11.5. The van der Waals surface area contributed by atoms with Gasteiger partial charge in [0.05, 0.1) is 0 Å². The molecular formula is C19H40N2. The van der Waals surface area contributed by atoms with Gasteiger partial charge in [0.15, 0.2) is 0 Å². The Hall–Kier alpha value is -0.0800. The molecule has 1 fully saturated rings. The average Bonchev–Trinajstić information content (AvgIpc) is 2.49. The molecule has 0 amide bonds. The molecule has 1 heterocycles. The third-order valence-electron chi connectivity index (χ3n) is 5.16. The fourth-order valence-electron chi connectivity index (χ4n) is 3.39. The number of nitrogens with one attached hydrogen (secondary N) is 1. The van der Waals surface area contributed by atoms with Crippen molar-refractivity contribution < 1.29 is 0 Å². The van der Waals surface area contributed by atoms with Crippen LogP contribution < -0.4 is 5.32 Å². The second-order valence-corrected chi connectivity index (χ2v) is 7.30. The Morgan fingerprint density at radius 1 is 0.857 bits per heavy atom. The molecule has 1 unspecified atom stereocenters. The summed E-state index contributed by atoms with van der Waals surface area (Å²) in [5, 5.41) is 3.67. The van der Waals surface area contributed by atoms with Crippen molar-refractivity contribution in [3.63, 3.8) is 0 Å². The van der Waals surface area contributed by atoms with Gasteiger partial charge in [0.25, 0.3) is 0 Å². The molecule has 1 aliphatic heterocycles. The summed E-state index contributed by atoms with van der Waals surface area (Å²) in [4.78, 5) is 2.67. The minimum atomic E-state index is 0.358. The molecule has 0 aromatic carbocycles. The highest BCUT2D eigenvalue weighted by molar-refractivity contribution is 4.89. The zero-order chi connectivity index (χ0) is 15.4. The lowest BCUT2D eigenvalue weighted by atomic mass is 9.95. The van der Waals surface area contributed by atoms with Gasteiger partial charge in [0, 0.05) is 25.2 Å². The van der Waals surface area contributed by atoms with Crippen molar-refractivity contribution in [2.75, 3.05) is 26.2 Å². The monoisotopic (exact) mass is 296 g/mol. The molecule has 0 saturated carbocycles. The third kappa shape index (κ3) is 8.83. The Labute approximate surface area is 134 Å². The van der Waals surface area contributed by atoms with Crippen LogP contribution in [-0.4, -0.2) is 36.6 Å². The second-order valence-electron chi connectivity index (χ2n) is 7.30. The molecule has 1 aliphatic rings. The number of unbranched alkanes of at least 4 members (excludes halogenated alkanes) is 9. The molecule has 21 heavy (non-hydrogen) atoms. The largest absolute Gasteiger partial charge is 0.309 e. The van der Waals surface area contributed by atoms with Crippen LogP contribution in [-0.2, 0) is 0 Å². The SMILES string of the molecule is CCCCCCCCCCCCN1CCNC(C)(CC)C1. The molecule has 2 nitrogen and oxygen atoms in total. The van der Waals surface area contributed by atoms with Gasteiger partial charge in [-0.15, -0.1) is 0 Å². The van der Waals surface area contributed by atoms with Crippen LogP contribution in [0.4, 0.5) is 0 Å². The molecule has 1 saturated heterocycles. The number of nitrogens with zero attached hydrogens (tertiary/aromatic N) is 1. The van der Waals surface area contributed by atoms with Crippen LogP contribution in [0.1, 0.15) is 91.4 Å². The molecule has 0 bridgehead atoms. The number of piperazine rings is 1. The van der Waals surface area contributed by atoms with Crippen LogP contribution in [0.2, 0.25) is 0 Å². The highest BCUT2D eigenvalue weighted by Crippen LogP contribution is 2.16. The highest BCUT2D eigenvalue weighted by atomic mass is 15.2. The average molecular weight is 297 g/mol. The summed E-state index contributed by atoms with van der Waals surface area (Å²) in [6, 6.07) is 0. The maximum atomic E-state index is 3.67. The van der Waals surface area contributed by atoms with Crippen molar-refractivity contribution in [1.82, 2.24) is 10.2 Å². The van der Waals surface area contributed by atoms with E-state index in [1.807, 2.05) is 0 Å². The summed E-state index contributed by atoms with van der Waals surface area (Å²) in [7, 11) is 0. The zero-order valence-corrected chi connectivity index (χ0v) is 15.1. The first-order chi connectivity index (χ1) is 10.2. The van der Waals surface area contributed by atoms with E-state index in [0.717, 1.165) is 0 Å². The van der Waals surface area contributed by atoms with Crippen LogP contribution in [0.5, 0.6) is 0 Å². The van der Waals surface area contributed by atoms with Gasteiger partial charge in [0.2, 0.25) is 0 Å². The Morgan fingerprint density at radius 3 is 2.00 bits per heavy atom. The smallest absolute Gasteiger partial charge is 0.0278 e. The van der Waals surface area contributed by atoms with E-state index >= 15 is 0 Å². The normalized spacial score (nSPS) is 23.6. The van der Waals surface area contributed by atoms with Crippen molar-refractivity contribution in [2.45, 2.75) is 96.9 Å². The molecule has 1 N–H and O–H groups in total. The maximum Gasteiger partial charge on any atom is 0.0278 e. The van der Waals surface area contributed by atoms with E-state index in [1.54, 1.807) is 0 Å². The lowest BCUT2D eigenvalue weighted by molar-refractivity contribution is 0.137. The molecule has 0 aromatic rings. The molecule has 1 atom stereocenters. The zero-order valence-electron chi connectivity index (χ0n) is 15.1. The van der Waals surface area contributed by atoms with Crippen molar-refractivity contribution in [1.29, 1.82) is 0 Å². The summed E-state index contributed by atoms with van der Waals surface area (Å²) in [6.07, 6.45) is 15.6. The van der Waals surface area contributed by atoms with E-state index < -0.39 is 0 Å². The minimum Gasteiger partial charge on any atom is -0.309 e. The first-order valence-corrected chi connectivity index (χ1v) is 9.67. The van der Waals surface area contributed by atoms with Crippen molar-refractivity contribution in [3.8, 4) is 0 Å². The fraction of sp³-hybridized carbons (Fsp3) is 1.00. The van der Waals surface area contributed by atoms with E-state index in [0.29, 0.717) is 5.54 Å². The predicted octanol–water partition coefficient (Wildman–Crippen LogP) is 4.98. The molecule has 0 aromatic heterocycles. The van der Waals surface area contributed by atoms with Gasteiger partial charge < -0.3 is 10.2 Å². The standard InChI is InChI=1S/C19H40N2/c1-4-6-7-8-9-10-11-12-13-14-16-21-17-15-20-19(3,5-2)18-21/h20H,4-18H2,1-3H3. The van der Waals surface area contributed by atoms with E-state index in [1.165, 1.54) is 96.8 Å². The number of hydrogen-bond donors (Lipinski definition) is 1. The van der Waals surface area contributed by atoms with Crippen LogP contribution >= 0.6 is 0 Å². The van der Waals surface area contributed by atoms with Gasteiger partial charge in [-0.2, -0.15) is 0 Å². The van der Waals surface area contributed by atoms with Crippen LogP contribution in [0.3, 0.4) is 0 Å². The van der Waals surface area contributed by atoms with Crippen molar-refractivity contribution >= 4 is 0 Å². The molecule has 0 radical (unpaired) electrons. The number of hydrogen-bond acceptors (Lipinski definition) is 2. The van der Waals surface area contributed by atoms with Crippen LogP contribution in [0, 0.1) is 0 Å². The predicted molar refractivity (Wildman–Crippen MR) is 95.0 cm³/mol. The van der Waals surface area contributed by atoms with Gasteiger partial charge in [0.1, 0.15) is 0 Å². The van der Waals surface area contributed by atoms with Gasteiger partial charge >= 0.3 is 0 Å². The Morgan fingerprint density at radius 2 is 1.43 bits per heavy atom. The van der Waals surface area contributed by atoms with E-state index in [9.17, 15) is 0 Å². The summed E-state index contributed by atoms with van der Waals surface area (Å²) in [6.45, 7) is 11.9. The first kappa shape index (κ1) is 19.0.